The molecule has 4 fully saturated rings. The molecule has 2 saturated carbocycles. The Hall–Kier alpha value is -4.38. The molecular weight excluding hydrogens is 619 g/mol. The first kappa shape index (κ1) is 30.7. The van der Waals surface area contributed by atoms with Gasteiger partial charge in [-0.1, -0.05) is 19.1 Å². The molecule has 254 valence electrons. The second-order valence-corrected chi connectivity index (χ2v) is 15.7. The van der Waals surface area contributed by atoms with E-state index in [4.69, 9.17) is 9.97 Å². The van der Waals surface area contributed by atoms with Crippen molar-refractivity contribution in [3.63, 3.8) is 0 Å². The minimum absolute atomic E-state index is 0.0596. The average Bonchev–Trinajstić information content (AvgIpc) is 3.32. The maximum absolute atomic E-state index is 14.8. The molecule has 0 bridgehead atoms. The van der Waals surface area contributed by atoms with Crippen molar-refractivity contribution < 1.29 is 14.0 Å². The molecule has 2 atom stereocenters. The van der Waals surface area contributed by atoms with Gasteiger partial charge in [-0.25, -0.2) is 14.4 Å². The molecule has 2 amide bonds. The lowest BCUT2D eigenvalue weighted by Crippen LogP contribution is -2.58. The number of piperidine rings is 2. The molecule has 6 heterocycles. The summed E-state index contributed by atoms with van der Waals surface area (Å²) in [6, 6.07) is 10.7. The van der Waals surface area contributed by atoms with E-state index in [0.29, 0.717) is 48.9 Å². The van der Waals surface area contributed by atoms with Crippen molar-refractivity contribution in [3.05, 3.63) is 60.4 Å². The van der Waals surface area contributed by atoms with Crippen LogP contribution >= 0.6 is 0 Å². The molecule has 9 rings (SSSR count). The van der Waals surface area contributed by atoms with Crippen LogP contribution in [0.3, 0.4) is 0 Å². The number of hydrogen-bond donors (Lipinski definition) is 1. The number of benzene rings is 1. The minimum atomic E-state index is -0.632. The van der Waals surface area contributed by atoms with E-state index in [1.165, 1.54) is 25.7 Å². The third kappa shape index (κ3) is 4.71. The minimum Gasteiger partial charge on any atom is -0.343 e. The first-order valence-corrected chi connectivity index (χ1v) is 17.8. The lowest BCUT2D eigenvalue weighted by molar-refractivity contribution is -0.134. The highest BCUT2D eigenvalue weighted by molar-refractivity contribution is 6.09. The van der Waals surface area contributed by atoms with Crippen LogP contribution in [0.1, 0.15) is 71.4 Å². The Kier molecular flexibility index (Phi) is 6.76. The molecule has 10 nitrogen and oxygen atoms in total. The summed E-state index contributed by atoms with van der Waals surface area (Å²) in [5, 5.41) is 3.22. The Bertz CT molecular complexity index is 2010. The second kappa shape index (κ2) is 10.8. The van der Waals surface area contributed by atoms with Gasteiger partial charge in [-0.3, -0.25) is 19.5 Å². The van der Waals surface area contributed by atoms with Crippen molar-refractivity contribution in [2.45, 2.75) is 83.3 Å². The smallest absolute Gasteiger partial charge is 0.238 e. The Morgan fingerprint density at radius 1 is 1.10 bits per heavy atom. The van der Waals surface area contributed by atoms with E-state index in [1.807, 2.05) is 15.5 Å². The van der Waals surface area contributed by atoms with E-state index in [2.05, 4.69) is 59.1 Å². The first-order valence-electron chi connectivity index (χ1n) is 17.8. The van der Waals surface area contributed by atoms with Crippen molar-refractivity contribution in [2.75, 3.05) is 36.4 Å². The Morgan fingerprint density at radius 2 is 1.90 bits per heavy atom. The predicted octanol–water partition coefficient (Wildman–Crippen LogP) is 6.06. The molecule has 1 aromatic carbocycles. The molecular formula is C38H43FN8O2. The van der Waals surface area contributed by atoms with E-state index < -0.39 is 11.2 Å². The highest BCUT2D eigenvalue weighted by atomic mass is 19.1. The number of nitrogens with zero attached hydrogens (tertiary/aromatic N) is 7. The zero-order chi connectivity index (χ0) is 33.8. The van der Waals surface area contributed by atoms with Gasteiger partial charge < -0.3 is 19.7 Å². The quantitative estimate of drug-likeness (QED) is 0.268. The number of anilines is 3. The largest absolute Gasteiger partial charge is 0.343 e. The van der Waals surface area contributed by atoms with E-state index >= 15 is 0 Å². The van der Waals surface area contributed by atoms with Crippen molar-refractivity contribution in [3.8, 4) is 11.3 Å². The van der Waals surface area contributed by atoms with Crippen LogP contribution in [0, 0.1) is 17.2 Å². The van der Waals surface area contributed by atoms with Crippen LogP contribution in [-0.4, -0.2) is 79.4 Å². The van der Waals surface area contributed by atoms with Gasteiger partial charge in [-0.15, -0.1) is 0 Å². The van der Waals surface area contributed by atoms with Crippen LogP contribution in [0.4, 0.5) is 21.6 Å². The van der Waals surface area contributed by atoms with Gasteiger partial charge in [-0.05, 0) is 81.0 Å². The number of aromatic nitrogens is 4. The van der Waals surface area contributed by atoms with Gasteiger partial charge in [0.1, 0.15) is 5.52 Å². The molecule has 4 aromatic rings. The fourth-order valence-electron chi connectivity index (χ4n) is 9.23. The summed E-state index contributed by atoms with van der Waals surface area (Å²) in [7, 11) is 0. The Balaban J connectivity index is 1.10. The number of nitrogens with one attached hydrogen (secondary N) is 1. The molecule has 11 heteroatoms. The first-order chi connectivity index (χ1) is 23.5. The van der Waals surface area contributed by atoms with Crippen molar-refractivity contribution in [1.82, 2.24) is 29.3 Å². The lowest BCUT2D eigenvalue weighted by atomic mass is 9.73. The van der Waals surface area contributed by atoms with Gasteiger partial charge in [0.05, 0.1) is 34.8 Å². The summed E-state index contributed by atoms with van der Waals surface area (Å²) in [5.41, 5.74) is 5.27. The Morgan fingerprint density at radius 3 is 2.59 bits per heavy atom. The summed E-state index contributed by atoms with van der Waals surface area (Å²) >= 11 is 0. The van der Waals surface area contributed by atoms with Gasteiger partial charge in [0.2, 0.25) is 11.8 Å². The molecule has 49 heavy (non-hydrogen) atoms. The number of amides is 2. The van der Waals surface area contributed by atoms with Crippen molar-refractivity contribution in [2.24, 2.45) is 11.3 Å². The van der Waals surface area contributed by atoms with Gasteiger partial charge >= 0.3 is 0 Å². The SMILES string of the molecule is CC(=O)N1CCC2(CC1)C(=O)N(C1CC(N3CC4CC4(C)C3)C1)c1cc(-c3cc4ncn(C(C)C)c4c(Nc4ccncc4F)n3)ccc12. The maximum atomic E-state index is 14.8. The zero-order valence-corrected chi connectivity index (χ0v) is 28.6. The van der Waals surface area contributed by atoms with E-state index in [9.17, 15) is 14.0 Å². The topological polar surface area (TPSA) is 99.5 Å². The summed E-state index contributed by atoms with van der Waals surface area (Å²) in [6.07, 6.45) is 9.10. The molecule has 0 radical (unpaired) electrons. The van der Waals surface area contributed by atoms with Crippen LogP contribution in [0.2, 0.25) is 0 Å². The fourth-order valence-corrected chi connectivity index (χ4v) is 9.23. The number of imidazole rings is 1. The third-order valence-corrected chi connectivity index (χ3v) is 12.4. The maximum Gasteiger partial charge on any atom is 0.238 e. The van der Waals surface area contributed by atoms with E-state index in [0.717, 1.165) is 46.6 Å². The number of carbonyl (C=O) groups is 2. The standard InChI is InChI=1S/C38H43FN8O2/c1-22(2)46-21-41-32-16-31(43-35(34(32)46)42-30-7-10-40-18-29(30)39)24-5-6-28-33(13-24)47(36(49)38(28)8-11-44(12-9-38)23(3)48)27-14-26(15-27)45-19-25-17-37(25,4)20-45/h5-7,10,13,16,18,21-22,25-27H,8-9,11-12,14-15,17,19-20H2,1-4H3,(H,40,42,43). The number of fused-ring (bicyclic) bond motifs is 4. The Labute approximate surface area is 285 Å². The molecule has 2 unspecified atom stereocenters. The van der Waals surface area contributed by atoms with E-state index in [-0.39, 0.29) is 29.6 Å². The summed E-state index contributed by atoms with van der Waals surface area (Å²) < 4.78 is 16.8. The molecule has 2 saturated heterocycles. The normalized spacial score (nSPS) is 27.1. The molecule has 3 aliphatic heterocycles. The summed E-state index contributed by atoms with van der Waals surface area (Å²) in [5.74, 6) is 1.11. The highest BCUT2D eigenvalue weighted by Crippen LogP contribution is 2.59. The van der Waals surface area contributed by atoms with Crippen molar-refractivity contribution in [1.29, 1.82) is 0 Å². The van der Waals surface area contributed by atoms with Gasteiger partial charge in [0.15, 0.2) is 11.6 Å². The summed E-state index contributed by atoms with van der Waals surface area (Å²) in [4.78, 5) is 47.3. The van der Waals surface area contributed by atoms with Gasteiger partial charge in [0, 0.05) is 68.7 Å². The fraction of sp³-hybridized carbons (Fsp3) is 0.500. The highest BCUT2D eigenvalue weighted by Gasteiger charge is 2.60. The number of hydrogen-bond acceptors (Lipinski definition) is 7. The number of pyridine rings is 2. The number of halogens is 1. The van der Waals surface area contributed by atoms with Crippen LogP contribution < -0.4 is 10.2 Å². The molecule has 3 aromatic heterocycles. The molecule has 1 N–H and O–H groups in total. The molecule has 5 aliphatic rings. The monoisotopic (exact) mass is 662 g/mol. The predicted molar refractivity (Wildman–Crippen MR) is 186 cm³/mol. The van der Waals surface area contributed by atoms with Gasteiger partial charge in [-0.2, -0.15) is 0 Å². The molecule has 1 spiro atoms. The van der Waals surface area contributed by atoms with Crippen LogP contribution in [0.5, 0.6) is 0 Å². The second-order valence-electron chi connectivity index (χ2n) is 15.7. The van der Waals surface area contributed by atoms with E-state index in [1.54, 1.807) is 25.5 Å². The zero-order valence-electron chi connectivity index (χ0n) is 28.6. The average molecular weight is 663 g/mol. The number of likely N-dealkylation sites (tertiary alicyclic amines) is 2. The van der Waals surface area contributed by atoms with Crippen LogP contribution in [-0.2, 0) is 15.0 Å². The van der Waals surface area contributed by atoms with Crippen LogP contribution in [0.25, 0.3) is 22.3 Å². The van der Waals surface area contributed by atoms with Gasteiger partial charge in [0.25, 0.3) is 0 Å². The number of carbonyl (C=O) groups excluding carboxylic acids is 2. The molecule has 2 aliphatic carbocycles. The number of rotatable bonds is 6. The van der Waals surface area contributed by atoms with Crippen LogP contribution in [0.15, 0.2) is 49.1 Å². The summed E-state index contributed by atoms with van der Waals surface area (Å²) in [6.45, 7) is 11.7. The van der Waals surface area contributed by atoms with Crippen molar-refractivity contribution >= 4 is 40.0 Å². The lowest BCUT2D eigenvalue weighted by Gasteiger charge is -2.47. The third-order valence-electron chi connectivity index (χ3n) is 12.4.